The van der Waals surface area contributed by atoms with Crippen molar-refractivity contribution in [3.63, 3.8) is 0 Å². The molecule has 1 atom stereocenters. The van der Waals surface area contributed by atoms with E-state index in [4.69, 9.17) is 0 Å². The van der Waals surface area contributed by atoms with Gasteiger partial charge in [0.05, 0.1) is 6.10 Å². The van der Waals surface area contributed by atoms with Gasteiger partial charge in [-0.05, 0) is 69.6 Å². The van der Waals surface area contributed by atoms with Gasteiger partial charge in [-0.2, -0.15) is 0 Å². The van der Waals surface area contributed by atoms with Crippen LogP contribution in [-0.4, -0.2) is 40.3 Å². The van der Waals surface area contributed by atoms with E-state index in [1.165, 1.54) is 12.1 Å². The standard InChI is InChI=1S/C19H27FN2O2/c1-19(13-14-3-5-15(20)6-4-14)11-2-12-22(19)18(24)21-16-7-9-17(23)10-8-16/h3-6,16-17,23H,2,7-13H2,1H3,(H,21,24). The monoisotopic (exact) mass is 334 g/mol. The first kappa shape index (κ1) is 17.2. The highest BCUT2D eigenvalue weighted by molar-refractivity contribution is 5.76. The Bertz CT molecular complexity index is 569. The van der Waals surface area contributed by atoms with Gasteiger partial charge < -0.3 is 15.3 Å². The maximum Gasteiger partial charge on any atom is 0.318 e. The van der Waals surface area contributed by atoms with Gasteiger partial charge in [-0.1, -0.05) is 12.1 Å². The molecule has 1 saturated carbocycles. The Morgan fingerprint density at radius 3 is 2.62 bits per heavy atom. The molecular weight excluding hydrogens is 307 g/mol. The summed E-state index contributed by atoms with van der Waals surface area (Å²) in [4.78, 5) is 14.7. The minimum atomic E-state index is -0.232. The number of urea groups is 1. The Kier molecular flexibility index (Phi) is 5.09. The highest BCUT2D eigenvalue weighted by atomic mass is 19.1. The Hall–Kier alpha value is -1.62. The van der Waals surface area contributed by atoms with Gasteiger partial charge in [0, 0.05) is 18.1 Å². The number of carbonyl (C=O) groups is 1. The SMILES string of the molecule is CC1(Cc2ccc(F)cc2)CCCN1C(=O)NC1CCC(O)CC1. The second-order valence-corrected chi connectivity index (χ2v) is 7.51. The molecule has 5 heteroatoms. The summed E-state index contributed by atoms with van der Waals surface area (Å²) >= 11 is 0. The van der Waals surface area contributed by atoms with Crippen LogP contribution in [-0.2, 0) is 6.42 Å². The molecule has 2 N–H and O–H groups in total. The molecule has 1 unspecified atom stereocenters. The molecule has 1 aromatic carbocycles. The number of amides is 2. The van der Waals surface area contributed by atoms with Gasteiger partial charge in [0.2, 0.25) is 0 Å². The predicted octanol–water partition coefficient (Wildman–Crippen LogP) is 3.24. The molecule has 0 aromatic heterocycles. The molecule has 132 valence electrons. The fourth-order valence-electron chi connectivity index (χ4n) is 4.07. The molecule has 24 heavy (non-hydrogen) atoms. The largest absolute Gasteiger partial charge is 0.393 e. The molecule has 2 fully saturated rings. The van der Waals surface area contributed by atoms with E-state index in [1.807, 2.05) is 4.90 Å². The van der Waals surface area contributed by atoms with Crippen LogP contribution in [0.3, 0.4) is 0 Å². The fraction of sp³-hybridized carbons (Fsp3) is 0.632. The summed E-state index contributed by atoms with van der Waals surface area (Å²) in [6, 6.07) is 6.72. The summed E-state index contributed by atoms with van der Waals surface area (Å²) in [5, 5.41) is 12.7. The number of carbonyl (C=O) groups excluding carboxylic acids is 1. The van der Waals surface area contributed by atoms with Crippen molar-refractivity contribution in [3.05, 3.63) is 35.6 Å². The molecule has 1 heterocycles. The molecule has 4 nitrogen and oxygen atoms in total. The zero-order valence-electron chi connectivity index (χ0n) is 14.3. The summed E-state index contributed by atoms with van der Waals surface area (Å²) in [5.41, 5.74) is 0.829. The lowest BCUT2D eigenvalue weighted by Crippen LogP contribution is -2.53. The van der Waals surface area contributed by atoms with Gasteiger partial charge in [-0.25, -0.2) is 9.18 Å². The number of hydrogen-bond acceptors (Lipinski definition) is 2. The van der Waals surface area contributed by atoms with Crippen molar-refractivity contribution in [3.8, 4) is 0 Å². The number of nitrogens with zero attached hydrogens (tertiary/aromatic N) is 1. The number of aliphatic hydroxyl groups excluding tert-OH is 1. The van der Waals surface area contributed by atoms with Crippen LogP contribution in [0.25, 0.3) is 0 Å². The number of nitrogens with one attached hydrogen (secondary N) is 1. The second-order valence-electron chi connectivity index (χ2n) is 7.51. The lowest BCUT2D eigenvalue weighted by molar-refractivity contribution is 0.110. The van der Waals surface area contributed by atoms with Crippen LogP contribution in [0.2, 0.25) is 0 Å². The first-order valence-electron chi connectivity index (χ1n) is 8.97. The average Bonchev–Trinajstić information content (AvgIpc) is 2.93. The van der Waals surface area contributed by atoms with Gasteiger partial charge >= 0.3 is 6.03 Å². The Balaban J connectivity index is 1.63. The molecule has 1 aliphatic heterocycles. The molecule has 1 aromatic rings. The first-order chi connectivity index (χ1) is 11.5. The van der Waals surface area contributed by atoms with Crippen molar-refractivity contribution in [2.75, 3.05) is 6.54 Å². The third kappa shape index (κ3) is 3.89. The van der Waals surface area contributed by atoms with Crippen molar-refractivity contribution in [2.45, 2.75) is 69.6 Å². The minimum absolute atomic E-state index is 0.00139. The predicted molar refractivity (Wildman–Crippen MR) is 91.2 cm³/mol. The third-order valence-corrected chi connectivity index (χ3v) is 5.52. The first-order valence-corrected chi connectivity index (χ1v) is 8.97. The van der Waals surface area contributed by atoms with Crippen LogP contribution in [0.5, 0.6) is 0 Å². The molecule has 3 rings (SSSR count). The van der Waals surface area contributed by atoms with Crippen molar-refractivity contribution >= 4 is 6.03 Å². The number of halogens is 1. The van der Waals surface area contributed by atoms with Crippen LogP contribution >= 0.6 is 0 Å². The Morgan fingerprint density at radius 2 is 1.96 bits per heavy atom. The van der Waals surface area contributed by atoms with Crippen molar-refractivity contribution < 1.29 is 14.3 Å². The van der Waals surface area contributed by atoms with E-state index in [0.717, 1.165) is 57.1 Å². The molecule has 0 spiro atoms. The van der Waals surface area contributed by atoms with Crippen LogP contribution in [0.4, 0.5) is 9.18 Å². The fourth-order valence-corrected chi connectivity index (χ4v) is 4.07. The van der Waals surface area contributed by atoms with Crippen LogP contribution in [0.15, 0.2) is 24.3 Å². The van der Waals surface area contributed by atoms with Crippen molar-refractivity contribution in [2.24, 2.45) is 0 Å². The van der Waals surface area contributed by atoms with E-state index in [9.17, 15) is 14.3 Å². The van der Waals surface area contributed by atoms with Crippen LogP contribution < -0.4 is 5.32 Å². The van der Waals surface area contributed by atoms with E-state index in [0.29, 0.717) is 0 Å². The number of aliphatic hydroxyl groups is 1. The Morgan fingerprint density at radius 1 is 1.29 bits per heavy atom. The molecule has 2 aliphatic rings. The summed E-state index contributed by atoms with van der Waals surface area (Å²) in [5.74, 6) is -0.232. The van der Waals surface area contributed by atoms with Gasteiger partial charge in [0.15, 0.2) is 0 Å². The summed E-state index contributed by atoms with van der Waals surface area (Å²) in [6.45, 7) is 2.88. The van der Waals surface area contributed by atoms with E-state index < -0.39 is 0 Å². The zero-order valence-corrected chi connectivity index (χ0v) is 14.3. The van der Waals surface area contributed by atoms with E-state index in [-0.39, 0.29) is 29.5 Å². The van der Waals surface area contributed by atoms with Crippen LogP contribution in [0.1, 0.15) is 51.0 Å². The molecular formula is C19H27FN2O2. The van der Waals surface area contributed by atoms with E-state index in [1.54, 1.807) is 12.1 Å². The number of rotatable bonds is 3. The molecule has 0 radical (unpaired) electrons. The van der Waals surface area contributed by atoms with Gasteiger partial charge in [0.25, 0.3) is 0 Å². The topological polar surface area (TPSA) is 52.6 Å². The maximum absolute atomic E-state index is 13.1. The molecule has 2 amide bonds. The zero-order chi connectivity index (χ0) is 17.2. The van der Waals surface area contributed by atoms with Gasteiger partial charge in [-0.15, -0.1) is 0 Å². The number of likely N-dealkylation sites (tertiary alicyclic amines) is 1. The smallest absolute Gasteiger partial charge is 0.318 e. The number of benzene rings is 1. The minimum Gasteiger partial charge on any atom is -0.393 e. The lowest BCUT2D eigenvalue weighted by Gasteiger charge is -2.37. The third-order valence-electron chi connectivity index (χ3n) is 5.52. The normalized spacial score (nSPS) is 30.4. The number of hydrogen-bond donors (Lipinski definition) is 2. The molecule has 1 aliphatic carbocycles. The Labute approximate surface area is 143 Å². The van der Waals surface area contributed by atoms with Gasteiger partial charge in [0.1, 0.15) is 5.82 Å². The maximum atomic E-state index is 13.1. The van der Waals surface area contributed by atoms with Crippen molar-refractivity contribution in [1.82, 2.24) is 10.2 Å². The van der Waals surface area contributed by atoms with Crippen molar-refractivity contribution in [1.29, 1.82) is 0 Å². The van der Waals surface area contributed by atoms with Gasteiger partial charge in [-0.3, -0.25) is 0 Å². The van der Waals surface area contributed by atoms with Crippen LogP contribution in [0, 0.1) is 5.82 Å². The molecule has 0 bridgehead atoms. The highest BCUT2D eigenvalue weighted by Crippen LogP contribution is 2.33. The average molecular weight is 334 g/mol. The summed E-state index contributed by atoms with van der Waals surface area (Å²) < 4.78 is 13.1. The van der Waals surface area contributed by atoms with E-state index >= 15 is 0 Å². The lowest BCUT2D eigenvalue weighted by atomic mass is 9.90. The second kappa shape index (κ2) is 7.09. The quantitative estimate of drug-likeness (QED) is 0.892. The highest BCUT2D eigenvalue weighted by Gasteiger charge is 2.40. The summed E-state index contributed by atoms with van der Waals surface area (Å²) in [7, 11) is 0. The van der Waals surface area contributed by atoms with E-state index in [2.05, 4.69) is 12.2 Å². The summed E-state index contributed by atoms with van der Waals surface area (Å²) in [6.07, 6.45) is 5.69. The molecule has 1 saturated heterocycles.